The van der Waals surface area contributed by atoms with E-state index in [-0.39, 0.29) is 31.4 Å². The van der Waals surface area contributed by atoms with Crippen molar-refractivity contribution in [1.82, 2.24) is 4.90 Å². The Kier molecular flexibility index (Phi) is 10.6. The molecule has 1 saturated heterocycles. The number of para-hydroxylation sites is 1. The third kappa shape index (κ3) is 7.22. The van der Waals surface area contributed by atoms with Gasteiger partial charge in [0.1, 0.15) is 18.5 Å². The normalized spacial score (nSPS) is 15.4. The van der Waals surface area contributed by atoms with E-state index in [1.165, 1.54) is 5.69 Å². The summed E-state index contributed by atoms with van der Waals surface area (Å²) in [6, 6.07) is 15.5. The van der Waals surface area contributed by atoms with Crippen molar-refractivity contribution in [2.45, 2.75) is 6.10 Å². The maximum absolute atomic E-state index is 10.2. The highest BCUT2D eigenvalue weighted by atomic mass is 35.5. The third-order valence-corrected chi connectivity index (χ3v) is 4.82. The van der Waals surface area contributed by atoms with Crippen LogP contribution >= 0.6 is 48.0 Å². The van der Waals surface area contributed by atoms with Crippen LogP contribution in [0.25, 0.3) is 0 Å². The van der Waals surface area contributed by atoms with E-state index in [4.69, 9.17) is 27.9 Å². The molecule has 0 saturated carbocycles. The number of anilines is 1. The van der Waals surface area contributed by atoms with E-state index in [1.807, 2.05) is 6.07 Å². The van der Waals surface area contributed by atoms with Gasteiger partial charge in [-0.2, -0.15) is 0 Å². The molecule has 0 amide bonds. The molecule has 27 heavy (non-hydrogen) atoms. The smallest absolute Gasteiger partial charge is 0.138 e. The fraction of sp³-hybridized carbons (Fsp3) is 0.368. The average Bonchev–Trinajstić information content (AvgIpc) is 2.62. The minimum Gasteiger partial charge on any atom is -0.489 e. The van der Waals surface area contributed by atoms with Crippen LogP contribution in [0.2, 0.25) is 10.0 Å². The Bertz CT molecular complexity index is 683. The Balaban J connectivity index is 0.00000182. The fourth-order valence-corrected chi connectivity index (χ4v) is 3.42. The van der Waals surface area contributed by atoms with Crippen LogP contribution in [0, 0.1) is 0 Å². The minimum absolute atomic E-state index is 0. The quantitative estimate of drug-likeness (QED) is 0.703. The third-order valence-electron chi connectivity index (χ3n) is 4.29. The van der Waals surface area contributed by atoms with Crippen molar-refractivity contribution >= 4 is 53.7 Å². The fourth-order valence-electron chi connectivity index (χ4n) is 2.96. The van der Waals surface area contributed by atoms with Crippen LogP contribution in [0.3, 0.4) is 0 Å². The average molecular weight is 454 g/mol. The van der Waals surface area contributed by atoms with E-state index < -0.39 is 6.10 Å². The lowest BCUT2D eigenvalue weighted by Gasteiger charge is -2.36. The standard InChI is InChI=1S/C19H22Cl2N2O2.2ClH/c20-15-6-7-19(18(21)12-15)25-14-17(24)13-22-8-10-23(11-9-22)16-4-2-1-3-5-16;;/h1-7,12,17,24H,8-11,13-14H2;2*1H. The number of piperazine rings is 1. The van der Waals surface area contributed by atoms with Crippen LogP contribution in [0.4, 0.5) is 5.69 Å². The van der Waals surface area contributed by atoms with Gasteiger partial charge in [-0.3, -0.25) is 4.90 Å². The van der Waals surface area contributed by atoms with Gasteiger partial charge in [-0.25, -0.2) is 0 Å². The number of hydrogen-bond donors (Lipinski definition) is 1. The number of nitrogens with zero attached hydrogens (tertiary/aromatic N) is 2. The molecular formula is C19H24Cl4N2O2. The van der Waals surface area contributed by atoms with Gasteiger partial charge < -0.3 is 14.7 Å². The highest BCUT2D eigenvalue weighted by Gasteiger charge is 2.19. The molecule has 1 aliphatic heterocycles. The van der Waals surface area contributed by atoms with Crippen molar-refractivity contribution in [2.24, 2.45) is 0 Å². The Morgan fingerprint density at radius 1 is 0.963 bits per heavy atom. The summed E-state index contributed by atoms with van der Waals surface area (Å²) in [6.45, 7) is 4.57. The Labute approximate surface area is 182 Å². The molecule has 2 aromatic carbocycles. The van der Waals surface area contributed by atoms with E-state index in [0.29, 0.717) is 22.3 Å². The number of aliphatic hydroxyl groups is 1. The highest BCUT2D eigenvalue weighted by molar-refractivity contribution is 6.35. The molecule has 4 nitrogen and oxygen atoms in total. The number of β-amino-alcohol motifs (C(OH)–C–C–N with tert-alkyl or cyclic N) is 1. The van der Waals surface area contributed by atoms with Crippen molar-refractivity contribution < 1.29 is 9.84 Å². The van der Waals surface area contributed by atoms with E-state index in [0.717, 1.165) is 26.2 Å². The van der Waals surface area contributed by atoms with Gasteiger partial charge >= 0.3 is 0 Å². The zero-order valence-corrected chi connectivity index (χ0v) is 17.9. The van der Waals surface area contributed by atoms with E-state index in [2.05, 4.69) is 34.1 Å². The monoisotopic (exact) mass is 452 g/mol. The zero-order valence-electron chi connectivity index (χ0n) is 14.8. The first kappa shape index (κ1) is 24.2. The molecule has 1 unspecified atom stereocenters. The molecule has 1 heterocycles. The molecular weight excluding hydrogens is 430 g/mol. The molecule has 2 aromatic rings. The molecule has 1 atom stereocenters. The molecule has 0 bridgehead atoms. The van der Waals surface area contributed by atoms with Crippen LogP contribution in [0.15, 0.2) is 48.5 Å². The summed E-state index contributed by atoms with van der Waals surface area (Å²) in [5.74, 6) is 0.541. The van der Waals surface area contributed by atoms with Crippen LogP contribution in [0.1, 0.15) is 0 Å². The first-order valence-electron chi connectivity index (χ1n) is 8.40. The second-order valence-electron chi connectivity index (χ2n) is 6.16. The Morgan fingerprint density at radius 2 is 1.63 bits per heavy atom. The molecule has 1 aliphatic rings. The summed E-state index contributed by atoms with van der Waals surface area (Å²) in [5.41, 5.74) is 1.25. The van der Waals surface area contributed by atoms with Crippen molar-refractivity contribution in [3.63, 3.8) is 0 Å². The lowest BCUT2D eigenvalue weighted by atomic mass is 10.2. The van der Waals surface area contributed by atoms with Gasteiger partial charge in [-0.15, -0.1) is 24.8 Å². The molecule has 1 N–H and O–H groups in total. The predicted molar refractivity (Wildman–Crippen MR) is 118 cm³/mol. The Hall–Kier alpha value is -0.880. The number of aliphatic hydroxyl groups excluding tert-OH is 1. The van der Waals surface area contributed by atoms with E-state index in [1.54, 1.807) is 18.2 Å². The van der Waals surface area contributed by atoms with Crippen molar-refractivity contribution in [2.75, 3.05) is 44.2 Å². The topological polar surface area (TPSA) is 35.9 Å². The summed E-state index contributed by atoms with van der Waals surface area (Å²) in [5, 5.41) is 11.3. The van der Waals surface area contributed by atoms with Gasteiger partial charge in [0.05, 0.1) is 5.02 Å². The number of halogens is 4. The molecule has 0 radical (unpaired) electrons. The van der Waals surface area contributed by atoms with Gasteiger partial charge in [0.25, 0.3) is 0 Å². The summed E-state index contributed by atoms with van der Waals surface area (Å²) < 4.78 is 5.61. The second kappa shape index (κ2) is 11.8. The SMILES string of the molecule is Cl.Cl.OC(COc1ccc(Cl)cc1Cl)CN1CCN(c2ccccc2)CC1. The molecule has 1 fully saturated rings. The predicted octanol–water partition coefficient (Wildman–Crippen LogP) is 4.40. The van der Waals surface area contributed by atoms with Gasteiger partial charge in [-0.05, 0) is 30.3 Å². The maximum atomic E-state index is 10.2. The summed E-state index contributed by atoms with van der Waals surface area (Å²) in [6.07, 6.45) is -0.560. The van der Waals surface area contributed by atoms with Gasteiger partial charge in [0.15, 0.2) is 0 Å². The van der Waals surface area contributed by atoms with Crippen LogP contribution in [-0.4, -0.2) is 55.4 Å². The number of benzene rings is 2. The van der Waals surface area contributed by atoms with Crippen LogP contribution in [-0.2, 0) is 0 Å². The summed E-state index contributed by atoms with van der Waals surface area (Å²) >= 11 is 11.9. The van der Waals surface area contributed by atoms with Crippen molar-refractivity contribution in [3.05, 3.63) is 58.6 Å². The first-order chi connectivity index (χ1) is 12.1. The summed E-state index contributed by atoms with van der Waals surface area (Å²) in [4.78, 5) is 4.63. The minimum atomic E-state index is -0.560. The van der Waals surface area contributed by atoms with E-state index in [9.17, 15) is 5.11 Å². The van der Waals surface area contributed by atoms with Crippen molar-refractivity contribution in [1.29, 1.82) is 0 Å². The van der Waals surface area contributed by atoms with Crippen molar-refractivity contribution in [3.8, 4) is 5.75 Å². The molecule has 150 valence electrons. The zero-order chi connectivity index (χ0) is 17.6. The van der Waals surface area contributed by atoms with E-state index >= 15 is 0 Å². The number of rotatable bonds is 6. The maximum Gasteiger partial charge on any atom is 0.138 e. The number of hydrogen-bond acceptors (Lipinski definition) is 4. The first-order valence-corrected chi connectivity index (χ1v) is 9.15. The van der Waals surface area contributed by atoms with Crippen LogP contribution in [0.5, 0.6) is 5.75 Å². The molecule has 3 rings (SSSR count). The lowest BCUT2D eigenvalue weighted by molar-refractivity contribution is 0.0663. The number of ether oxygens (including phenoxy) is 1. The molecule has 8 heteroatoms. The van der Waals surface area contributed by atoms with Crippen LogP contribution < -0.4 is 9.64 Å². The van der Waals surface area contributed by atoms with Gasteiger partial charge in [0.2, 0.25) is 0 Å². The lowest BCUT2D eigenvalue weighted by Crippen LogP contribution is -2.49. The highest BCUT2D eigenvalue weighted by Crippen LogP contribution is 2.27. The molecule has 0 aromatic heterocycles. The second-order valence-corrected chi connectivity index (χ2v) is 7.01. The molecule has 0 aliphatic carbocycles. The van der Waals surface area contributed by atoms with Gasteiger partial charge in [-0.1, -0.05) is 41.4 Å². The van der Waals surface area contributed by atoms with Gasteiger partial charge in [0, 0.05) is 43.4 Å². The summed E-state index contributed by atoms with van der Waals surface area (Å²) in [7, 11) is 0. The largest absolute Gasteiger partial charge is 0.489 e. The molecule has 0 spiro atoms. The Morgan fingerprint density at radius 3 is 2.26 bits per heavy atom.